The van der Waals surface area contributed by atoms with Crippen LogP contribution in [-0.2, 0) is 0 Å². The summed E-state index contributed by atoms with van der Waals surface area (Å²) in [5.74, 6) is 3.35. The summed E-state index contributed by atoms with van der Waals surface area (Å²) in [6, 6.07) is 24.8. The van der Waals surface area contributed by atoms with Crippen molar-refractivity contribution in [2.45, 2.75) is 83.8 Å². The molecule has 4 unspecified atom stereocenters. The van der Waals surface area contributed by atoms with Gasteiger partial charge < -0.3 is 0 Å². The van der Waals surface area contributed by atoms with E-state index in [4.69, 9.17) is 9.97 Å². The molecule has 0 amide bonds. The molecule has 2 fully saturated rings. The zero-order valence-corrected chi connectivity index (χ0v) is 24.9. The van der Waals surface area contributed by atoms with Gasteiger partial charge in [-0.15, -0.1) is 11.3 Å². The molecule has 2 heterocycles. The van der Waals surface area contributed by atoms with E-state index in [0.29, 0.717) is 6.71 Å². The molecular formula is C36H41BN2S. The van der Waals surface area contributed by atoms with Crippen LogP contribution in [0.1, 0.15) is 71.6 Å². The normalized spacial score (nSPS) is 23.9. The van der Waals surface area contributed by atoms with E-state index in [1.54, 1.807) is 16.8 Å². The average molecular weight is 545 g/mol. The number of hydrogen-bond acceptors (Lipinski definition) is 3. The van der Waals surface area contributed by atoms with Gasteiger partial charge >= 0.3 is 0 Å². The van der Waals surface area contributed by atoms with Crippen LogP contribution >= 0.6 is 11.3 Å². The summed E-state index contributed by atoms with van der Waals surface area (Å²) in [5.41, 5.74) is 7.14. The number of rotatable bonds is 5. The molecule has 2 nitrogen and oxygen atoms in total. The fraction of sp³-hybridized carbons (Fsp3) is 0.444. The van der Waals surface area contributed by atoms with Crippen molar-refractivity contribution < 1.29 is 0 Å². The molecule has 0 spiro atoms. The van der Waals surface area contributed by atoms with E-state index in [-0.39, 0.29) is 0 Å². The standard InChI is InChI=1S/C36H41BN2S/c1-24-11-4-3-5-13-28(24)23-37(31-17-8-6-12-25(31)2)29-15-10-14-26(21-29)27-19-20-32-33(22-27)38-35-30-16-7-9-18-34(30)40-36(35)39-32/h7,9-10,14-16,18-22,24-25,28,31H,3-6,8,11-13,17,23H2,1-2H3. The third-order valence-corrected chi connectivity index (χ3v) is 11.5. The van der Waals surface area contributed by atoms with E-state index in [2.05, 4.69) is 80.6 Å². The fourth-order valence-electron chi connectivity index (χ4n) is 8.02. The Morgan fingerprint density at radius 3 is 2.45 bits per heavy atom. The summed E-state index contributed by atoms with van der Waals surface area (Å²) >= 11 is 1.74. The zero-order chi connectivity index (χ0) is 27.1. The fourth-order valence-corrected chi connectivity index (χ4v) is 9.04. The van der Waals surface area contributed by atoms with Crippen LogP contribution in [0.3, 0.4) is 0 Å². The second-order valence-corrected chi connectivity index (χ2v) is 14.0. The first-order valence-electron chi connectivity index (χ1n) is 15.8. The molecule has 5 aromatic rings. The number of fused-ring (bicyclic) bond motifs is 4. The van der Waals surface area contributed by atoms with Gasteiger partial charge in [0.25, 0.3) is 0 Å². The molecule has 4 heteroatoms. The Hall–Kier alpha value is -2.72. The van der Waals surface area contributed by atoms with Crippen molar-refractivity contribution in [2.75, 3.05) is 0 Å². The molecule has 0 aliphatic heterocycles. The molecule has 0 N–H and O–H groups in total. The largest absolute Gasteiger partial charge is 0.243 e. The first-order chi connectivity index (χ1) is 19.6. The van der Waals surface area contributed by atoms with Crippen LogP contribution < -0.4 is 5.46 Å². The van der Waals surface area contributed by atoms with Crippen LogP contribution in [0.2, 0.25) is 12.1 Å². The molecule has 3 aromatic carbocycles. The van der Waals surface area contributed by atoms with Gasteiger partial charge in [-0.2, -0.15) is 0 Å². The number of aromatic nitrogens is 2. The topological polar surface area (TPSA) is 25.8 Å². The molecule has 7 rings (SSSR count). The number of benzene rings is 3. The number of hydrogen-bond donors (Lipinski definition) is 0. The lowest BCUT2D eigenvalue weighted by Crippen LogP contribution is -2.41. The van der Waals surface area contributed by atoms with Crippen LogP contribution in [0.5, 0.6) is 0 Å². The Balaban J connectivity index is 1.26. The second-order valence-electron chi connectivity index (χ2n) is 12.9. The van der Waals surface area contributed by atoms with Crippen LogP contribution in [0.15, 0.2) is 66.7 Å². The molecule has 2 aromatic heterocycles. The number of nitrogens with zero attached hydrogens (tertiary/aromatic N) is 2. The minimum absolute atomic E-state index is 0.665. The van der Waals surface area contributed by atoms with Crippen molar-refractivity contribution in [3.05, 3.63) is 66.7 Å². The van der Waals surface area contributed by atoms with Crippen molar-refractivity contribution >= 4 is 55.0 Å². The van der Waals surface area contributed by atoms with Crippen molar-refractivity contribution in [1.29, 1.82) is 0 Å². The van der Waals surface area contributed by atoms with Gasteiger partial charge in [-0.05, 0) is 47.1 Å². The summed E-state index contributed by atoms with van der Waals surface area (Å²) < 4.78 is 1.26. The van der Waals surface area contributed by atoms with Crippen molar-refractivity contribution in [2.24, 2.45) is 17.8 Å². The van der Waals surface area contributed by atoms with Gasteiger partial charge in [-0.1, -0.05) is 138 Å². The van der Waals surface area contributed by atoms with E-state index in [9.17, 15) is 0 Å². The smallest absolute Gasteiger partial charge is 0.179 e. The Morgan fingerprint density at radius 1 is 0.725 bits per heavy atom. The van der Waals surface area contributed by atoms with E-state index in [0.717, 1.165) is 45.0 Å². The molecule has 2 aliphatic rings. The monoisotopic (exact) mass is 544 g/mol. The SMILES string of the molecule is CC1CCCCCC1CB(c1cccc(-c2ccc3nc4sc5ccccc5c4nc3c2)c1)C1CCCCC1C. The highest BCUT2D eigenvalue weighted by molar-refractivity contribution is 7.25. The summed E-state index contributed by atoms with van der Waals surface area (Å²) in [4.78, 5) is 11.2. The molecule has 40 heavy (non-hydrogen) atoms. The van der Waals surface area contributed by atoms with Gasteiger partial charge in [0.15, 0.2) is 6.71 Å². The summed E-state index contributed by atoms with van der Waals surface area (Å²) in [6.45, 7) is 5.74. The summed E-state index contributed by atoms with van der Waals surface area (Å²) in [5, 5.41) is 1.21. The molecule has 2 saturated carbocycles. The summed E-state index contributed by atoms with van der Waals surface area (Å²) in [6.07, 6.45) is 14.1. The second kappa shape index (κ2) is 11.3. The zero-order valence-electron chi connectivity index (χ0n) is 24.1. The first-order valence-corrected chi connectivity index (χ1v) is 16.6. The lowest BCUT2D eigenvalue weighted by molar-refractivity contribution is 0.351. The Kier molecular flexibility index (Phi) is 7.39. The molecule has 0 radical (unpaired) electrons. The van der Waals surface area contributed by atoms with E-state index in [1.165, 1.54) is 85.3 Å². The Morgan fingerprint density at radius 2 is 1.52 bits per heavy atom. The highest BCUT2D eigenvalue weighted by atomic mass is 32.1. The Bertz CT molecular complexity index is 1640. The van der Waals surface area contributed by atoms with Gasteiger partial charge in [0.05, 0.1) is 11.0 Å². The number of thiophene rings is 1. The highest BCUT2D eigenvalue weighted by Gasteiger charge is 2.36. The van der Waals surface area contributed by atoms with Crippen LogP contribution in [0.25, 0.3) is 42.6 Å². The lowest BCUT2D eigenvalue weighted by Gasteiger charge is -2.36. The van der Waals surface area contributed by atoms with Gasteiger partial charge in [-0.3, -0.25) is 0 Å². The van der Waals surface area contributed by atoms with Gasteiger partial charge in [0.2, 0.25) is 0 Å². The predicted octanol–water partition coefficient (Wildman–Crippen LogP) is 10.2. The molecule has 0 bridgehead atoms. The Labute approximate surface area is 243 Å². The summed E-state index contributed by atoms with van der Waals surface area (Å²) in [7, 11) is 0. The van der Waals surface area contributed by atoms with E-state index >= 15 is 0 Å². The maximum absolute atomic E-state index is 5.14. The van der Waals surface area contributed by atoms with Crippen molar-refractivity contribution in [3.63, 3.8) is 0 Å². The highest BCUT2D eigenvalue weighted by Crippen LogP contribution is 2.41. The molecule has 0 saturated heterocycles. The van der Waals surface area contributed by atoms with E-state index < -0.39 is 0 Å². The minimum Gasteiger partial charge on any atom is -0.243 e. The molecule has 204 valence electrons. The minimum atomic E-state index is 0.665. The third kappa shape index (κ3) is 5.09. The third-order valence-electron chi connectivity index (χ3n) is 10.4. The molecular weight excluding hydrogens is 503 g/mol. The maximum atomic E-state index is 5.14. The van der Waals surface area contributed by atoms with Crippen LogP contribution in [0.4, 0.5) is 0 Å². The van der Waals surface area contributed by atoms with E-state index in [1.807, 2.05) is 0 Å². The van der Waals surface area contributed by atoms with Crippen molar-refractivity contribution in [1.82, 2.24) is 9.97 Å². The van der Waals surface area contributed by atoms with Gasteiger partial charge in [0.1, 0.15) is 10.3 Å². The van der Waals surface area contributed by atoms with Crippen molar-refractivity contribution in [3.8, 4) is 11.1 Å². The maximum Gasteiger partial charge on any atom is 0.179 e. The van der Waals surface area contributed by atoms with Crippen LogP contribution in [0, 0.1) is 17.8 Å². The van der Waals surface area contributed by atoms with Gasteiger partial charge in [-0.25, -0.2) is 9.97 Å². The van der Waals surface area contributed by atoms with Gasteiger partial charge in [0, 0.05) is 10.1 Å². The first kappa shape index (κ1) is 26.2. The predicted molar refractivity (Wildman–Crippen MR) is 175 cm³/mol. The lowest BCUT2D eigenvalue weighted by atomic mass is 9.30. The average Bonchev–Trinajstić information content (AvgIpc) is 3.21. The quantitative estimate of drug-likeness (QED) is 0.162. The molecule has 2 aliphatic carbocycles. The molecule has 4 atom stereocenters. The van der Waals surface area contributed by atoms with Crippen LogP contribution in [-0.4, -0.2) is 16.7 Å².